The van der Waals surface area contributed by atoms with Crippen molar-refractivity contribution in [2.45, 2.75) is 98.6 Å². The van der Waals surface area contributed by atoms with Crippen molar-refractivity contribution in [1.82, 2.24) is 9.88 Å². The summed E-state index contributed by atoms with van der Waals surface area (Å²) in [6.07, 6.45) is 0.711. The van der Waals surface area contributed by atoms with Gasteiger partial charge in [0.15, 0.2) is 6.10 Å². The van der Waals surface area contributed by atoms with E-state index in [2.05, 4.69) is 11.1 Å². The second-order valence-corrected chi connectivity index (χ2v) is 17.9. The first-order valence-electron chi connectivity index (χ1n) is 18.0. The molecule has 1 saturated heterocycles. The molecule has 3 aromatic rings. The first kappa shape index (κ1) is 39.9. The number of rotatable bonds is 18. The van der Waals surface area contributed by atoms with Crippen LogP contribution in [-0.4, -0.2) is 117 Å². The van der Waals surface area contributed by atoms with Crippen LogP contribution in [0.5, 0.6) is 5.75 Å². The molecule has 3 fully saturated rings. The van der Waals surface area contributed by atoms with Gasteiger partial charge in [-0.1, -0.05) is 29.8 Å². The number of aromatic nitrogens is 1. The second kappa shape index (κ2) is 17.3. The molecule has 5 N–H and O–H groups in total. The fourth-order valence-corrected chi connectivity index (χ4v) is 9.18. The summed E-state index contributed by atoms with van der Waals surface area (Å²) in [5, 5.41) is 50.5. The fraction of sp³-hybridized carbons (Fsp3) is 0.526. The highest BCUT2D eigenvalue weighted by Gasteiger charge is 2.48. The topological polar surface area (TPSA) is 187 Å². The van der Waals surface area contributed by atoms with Crippen LogP contribution in [0.15, 0.2) is 65.8 Å². The van der Waals surface area contributed by atoms with Crippen LogP contribution in [-0.2, 0) is 31.6 Å². The van der Waals surface area contributed by atoms with Gasteiger partial charge in [-0.2, -0.15) is 0 Å². The number of halogens is 1. The summed E-state index contributed by atoms with van der Waals surface area (Å²) >= 11 is 8.19. The van der Waals surface area contributed by atoms with Gasteiger partial charge in [-0.25, -0.2) is 8.42 Å². The Bertz CT molecular complexity index is 1830. The molecular formula is C38H47ClN2O10S2. The standard InChI is InChI=1S/C38H47ClN2O10S2/c39-31-9-8-27(52-17-3-16-41(25-11-18-53(48,49)19-12-25)37(47)36(46)35(45)34(44)32(43)22-42)20-24(31)23-50-38(13-14-38)30-21-40-15-10-28(30)29-4-1-2-5-33(29)51-26-6-7-26/h1-2,4-5,8-10,15,20-21,25-26,32,34-36,42-46H,3,6-7,11-14,16-19,22-23H2. The number of carbonyl (C=O) groups excluding carboxylic acids is 1. The van der Waals surface area contributed by atoms with Crippen LogP contribution in [0.4, 0.5) is 0 Å². The number of nitrogens with zero attached hydrogens (tertiary/aromatic N) is 2. The van der Waals surface area contributed by atoms with E-state index in [-0.39, 0.29) is 43.6 Å². The van der Waals surface area contributed by atoms with E-state index in [0.29, 0.717) is 17.2 Å². The molecule has 4 unspecified atom stereocenters. The van der Waals surface area contributed by atoms with Gasteiger partial charge >= 0.3 is 0 Å². The number of para-hydroxylation sites is 1. The third kappa shape index (κ3) is 9.91. The van der Waals surface area contributed by atoms with Crippen LogP contribution < -0.4 is 4.74 Å². The minimum Gasteiger partial charge on any atom is -0.490 e. The summed E-state index contributed by atoms with van der Waals surface area (Å²) in [4.78, 5) is 20.1. The van der Waals surface area contributed by atoms with Gasteiger partial charge in [0.2, 0.25) is 0 Å². The van der Waals surface area contributed by atoms with E-state index >= 15 is 0 Å². The first-order chi connectivity index (χ1) is 25.4. The molecular weight excluding hydrogens is 744 g/mol. The van der Waals surface area contributed by atoms with Crippen LogP contribution in [0.1, 0.15) is 56.1 Å². The van der Waals surface area contributed by atoms with Crippen LogP contribution >= 0.6 is 23.4 Å². The van der Waals surface area contributed by atoms with Crippen LogP contribution in [0.25, 0.3) is 11.1 Å². The molecule has 2 heterocycles. The van der Waals surface area contributed by atoms with Gasteiger partial charge in [0.05, 0.1) is 36.4 Å². The van der Waals surface area contributed by atoms with Crippen molar-refractivity contribution >= 4 is 39.1 Å². The molecule has 2 aromatic carbocycles. The fourth-order valence-electron chi connectivity index (χ4n) is 6.65. The lowest BCUT2D eigenvalue weighted by Crippen LogP contribution is -2.55. The minimum atomic E-state index is -3.24. The SMILES string of the molecule is O=C(C(O)C(O)C(O)C(O)CO)N(CCCSc1ccc(Cl)c(COC2(c3cnccc3-c3ccccc3OC3CC3)CC2)c1)C1CCS(=O)(=O)CC1. The Morgan fingerprint density at radius 2 is 1.74 bits per heavy atom. The van der Waals surface area contributed by atoms with Crippen molar-refractivity contribution in [3.05, 3.63) is 77.1 Å². The zero-order chi connectivity index (χ0) is 37.8. The first-order valence-corrected chi connectivity index (χ1v) is 21.2. The Labute approximate surface area is 319 Å². The second-order valence-electron chi connectivity index (χ2n) is 14.1. The molecule has 1 aliphatic heterocycles. The summed E-state index contributed by atoms with van der Waals surface area (Å²) in [7, 11) is -3.24. The maximum atomic E-state index is 13.4. The molecule has 15 heteroatoms. The molecule has 12 nitrogen and oxygen atoms in total. The van der Waals surface area contributed by atoms with E-state index in [1.165, 1.54) is 4.90 Å². The highest BCUT2D eigenvalue weighted by Crippen LogP contribution is 2.53. The van der Waals surface area contributed by atoms with Crippen molar-refractivity contribution in [2.24, 2.45) is 0 Å². The van der Waals surface area contributed by atoms with Crippen molar-refractivity contribution in [3.63, 3.8) is 0 Å². The van der Waals surface area contributed by atoms with Gasteiger partial charge in [-0.15, -0.1) is 11.8 Å². The summed E-state index contributed by atoms with van der Waals surface area (Å²) in [6, 6.07) is 15.3. The summed E-state index contributed by atoms with van der Waals surface area (Å²) in [5.41, 5.74) is 3.39. The zero-order valence-electron chi connectivity index (χ0n) is 29.3. The summed E-state index contributed by atoms with van der Waals surface area (Å²) in [5.74, 6) is 0.318. The minimum absolute atomic E-state index is 0.109. The van der Waals surface area contributed by atoms with Gasteiger partial charge in [-0.05, 0) is 92.2 Å². The quantitative estimate of drug-likeness (QED) is 0.0935. The monoisotopic (exact) mass is 790 g/mol. The molecule has 288 valence electrons. The number of ether oxygens (including phenoxy) is 2. The highest BCUT2D eigenvalue weighted by atomic mass is 35.5. The van der Waals surface area contributed by atoms with Crippen molar-refractivity contribution in [3.8, 4) is 16.9 Å². The van der Waals surface area contributed by atoms with Gasteiger partial charge in [-0.3, -0.25) is 9.78 Å². The molecule has 3 aliphatic rings. The van der Waals surface area contributed by atoms with Crippen molar-refractivity contribution in [1.29, 1.82) is 0 Å². The largest absolute Gasteiger partial charge is 0.490 e. The lowest BCUT2D eigenvalue weighted by Gasteiger charge is -2.37. The summed E-state index contributed by atoms with van der Waals surface area (Å²) in [6.45, 7) is -0.435. The molecule has 0 spiro atoms. The normalized spacial score (nSPS) is 20.3. The third-order valence-electron chi connectivity index (χ3n) is 10.1. The molecule has 2 aliphatic carbocycles. The Morgan fingerprint density at radius 1 is 1.00 bits per heavy atom. The number of benzene rings is 2. The van der Waals surface area contributed by atoms with E-state index in [4.69, 9.17) is 26.2 Å². The smallest absolute Gasteiger partial charge is 0.254 e. The lowest BCUT2D eigenvalue weighted by molar-refractivity contribution is -0.160. The number of hydrogen-bond acceptors (Lipinski definition) is 12. The molecule has 0 bridgehead atoms. The van der Waals surface area contributed by atoms with Gasteiger partial charge in [0.25, 0.3) is 5.91 Å². The Morgan fingerprint density at radius 3 is 2.43 bits per heavy atom. The Hall–Kier alpha value is -2.79. The van der Waals surface area contributed by atoms with Crippen LogP contribution in [0.2, 0.25) is 5.02 Å². The van der Waals surface area contributed by atoms with Crippen LogP contribution in [0.3, 0.4) is 0 Å². The highest BCUT2D eigenvalue weighted by molar-refractivity contribution is 7.99. The van der Waals surface area contributed by atoms with E-state index in [1.54, 1.807) is 18.0 Å². The molecule has 0 radical (unpaired) electrons. The number of sulfone groups is 1. The maximum Gasteiger partial charge on any atom is 0.254 e. The van der Waals surface area contributed by atoms with Gasteiger partial charge < -0.3 is 39.9 Å². The molecule has 53 heavy (non-hydrogen) atoms. The van der Waals surface area contributed by atoms with E-state index < -0.39 is 58.4 Å². The average Bonchev–Trinajstić information content (AvgIpc) is 4.12. The van der Waals surface area contributed by atoms with E-state index in [1.807, 2.05) is 48.7 Å². The third-order valence-corrected chi connectivity index (χ3v) is 13.3. The molecule has 2 saturated carbocycles. The maximum absolute atomic E-state index is 13.4. The Kier molecular flexibility index (Phi) is 13.1. The van der Waals surface area contributed by atoms with Gasteiger partial charge in [0, 0.05) is 46.0 Å². The number of thioether (sulfide) groups is 1. The molecule has 1 amide bonds. The molecule has 4 atom stereocenters. The zero-order valence-corrected chi connectivity index (χ0v) is 31.7. The van der Waals surface area contributed by atoms with Gasteiger partial charge in [0.1, 0.15) is 33.9 Å². The number of carbonyl (C=O) groups is 1. The molecule has 6 rings (SSSR count). The average molecular weight is 791 g/mol. The van der Waals surface area contributed by atoms with E-state index in [0.717, 1.165) is 58.6 Å². The molecule has 1 aromatic heterocycles. The van der Waals surface area contributed by atoms with Crippen molar-refractivity contribution in [2.75, 3.05) is 30.4 Å². The Balaban J connectivity index is 1.08. The summed E-state index contributed by atoms with van der Waals surface area (Å²) < 4.78 is 37.0. The number of pyridine rings is 1. The number of aliphatic hydroxyl groups is 5. The lowest BCUT2D eigenvalue weighted by atomic mass is 9.96. The van der Waals surface area contributed by atoms with E-state index in [9.17, 15) is 33.6 Å². The van der Waals surface area contributed by atoms with Crippen molar-refractivity contribution < 1.29 is 48.2 Å². The number of hydrogen-bond donors (Lipinski definition) is 5. The predicted molar refractivity (Wildman–Crippen MR) is 200 cm³/mol. The number of amides is 1. The number of aliphatic hydroxyl groups excluding tert-OH is 5. The van der Waals surface area contributed by atoms with Crippen LogP contribution in [0, 0.1) is 0 Å². The predicted octanol–water partition coefficient (Wildman–Crippen LogP) is 3.47.